The molecule has 6 aromatic carbocycles. The molecular weight excluding hydrogens is 538 g/mol. The highest BCUT2D eigenvalue weighted by Crippen LogP contribution is 2.41. The maximum Gasteiger partial charge on any atom is 0.174 e. The van der Waals surface area contributed by atoms with Crippen LogP contribution in [0, 0.1) is 0 Å². The van der Waals surface area contributed by atoms with Crippen LogP contribution in [-0.2, 0) is 0 Å². The van der Waals surface area contributed by atoms with E-state index in [4.69, 9.17) is 26.0 Å². The standard InChI is InChI=1S/C37H24ClN3O/c38-31-20-19-29-30-21-27-13-7-8-14-28(27)22-32(30)42-34(29)33(31)37-40-35(25-11-5-2-6-12-25)39-36(41-37)26-17-15-24(16-18-26)23-9-3-1-4-10-23/h1-22,37H,(H,39,40,41). The van der Waals surface area contributed by atoms with E-state index in [0.717, 1.165) is 61.1 Å². The summed E-state index contributed by atoms with van der Waals surface area (Å²) in [7, 11) is 0. The molecule has 0 bridgehead atoms. The van der Waals surface area contributed by atoms with Gasteiger partial charge in [0.25, 0.3) is 0 Å². The lowest BCUT2D eigenvalue weighted by molar-refractivity contribution is 0.649. The number of aliphatic imine (C=N–C) groups is 2. The maximum absolute atomic E-state index is 6.93. The molecule has 0 saturated heterocycles. The normalized spacial score (nSPS) is 15.0. The highest BCUT2D eigenvalue weighted by molar-refractivity contribution is 6.33. The van der Waals surface area contributed by atoms with Crippen LogP contribution in [0.2, 0.25) is 5.02 Å². The molecule has 0 aliphatic carbocycles. The van der Waals surface area contributed by atoms with E-state index in [0.29, 0.717) is 10.6 Å². The lowest BCUT2D eigenvalue weighted by atomic mass is 10.0. The third kappa shape index (κ3) is 4.25. The third-order valence-electron chi connectivity index (χ3n) is 7.80. The zero-order chi connectivity index (χ0) is 28.0. The average Bonchev–Trinajstić information content (AvgIpc) is 3.41. The van der Waals surface area contributed by atoms with E-state index in [1.165, 1.54) is 5.56 Å². The summed E-state index contributed by atoms with van der Waals surface area (Å²) in [6, 6.07) is 45.4. The van der Waals surface area contributed by atoms with E-state index in [9.17, 15) is 0 Å². The van der Waals surface area contributed by atoms with Crippen LogP contribution >= 0.6 is 11.6 Å². The molecule has 5 heteroatoms. The number of nitrogens with one attached hydrogen (secondary N) is 1. The molecule has 1 N–H and O–H groups in total. The SMILES string of the molecule is Clc1ccc2c(oc3cc4ccccc4cc32)c1C1N=C(c2ccccc2)NC(c2ccc(-c3ccccc3)cc2)=N1. The van der Waals surface area contributed by atoms with Gasteiger partial charge in [0.2, 0.25) is 0 Å². The van der Waals surface area contributed by atoms with Gasteiger partial charge < -0.3 is 9.73 Å². The van der Waals surface area contributed by atoms with E-state index in [-0.39, 0.29) is 0 Å². The smallest absolute Gasteiger partial charge is 0.174 e. The Labute approximate surface area is 247 Å². The van der Waals surface area contributed by atoms with Crippen molar-refractivity contribution in [2.24, 2.45) is 9.98 Å². The molecule has 0 fully saturated rings. The summed E-state index contributed by atoms with van der Waals surface area (Å²) in [4.78, 5) is 10.2. The molecule has 0 radical (unpaired) electrons. The Kier molecular flexibility index (Phi) is 5.87. The Morgan fingerprint density at radius 1 is 0.548 bits per heavy atom. The first-order valence-corrected chi connectivity index (χ1v) is 14.3. The molecule has 1 unspecified atom stereocenters. The molecule has 1 aliphatic heterocycles. The first-order chi connectivity index (χ1) is 20.7. The Balaban J connectivity index is 1.29. The number of benzene rings is 6. The van der Waals surface area contributed by atoms with Gasteiger partial charge in [0.05, 0.1) is 10.6 Å². The fourth-order valence-electron chi connectivity index (χ4n) is 5.68. The number of fused-ring (bicyclic) bond motifs is 4. The van der Waals surface area contributed by atoms with Crippen LogP contribution in [0.25, 0.3) is 43.8 Å². The molecule has 42 heavy (non-hydrogen) atoms. The summed E-state index contributed by atoms with van der Waals surface area (Å²) in [5.74, 6) is 1.45. The van der Waals surface area contributed by atoms with Crippen LogP contribution in [0.5, 0.6) is 0 Å². The molecule has 2 heterocycles. The second-order valence-electron chi connectivity index (χ2n) is 10.4. The summed E-state index contributed by atoms with van der Waals surface area (Å²) in [5.41, 5.74) is 6.52. The highest BCUT2D eigenvalue weighted by atomic mass is 35.5. The Morgan fingerprint density at radius 2 is 1.10 bits per heavy atom. The molecule has 0 saturated carbocycles. The van der Waals surface area contributed by atoms with E-state index >= 15 is 0 Å². The van der Waals surface area contributed by atoms with Gasteiger partial charge in [-0.15, -0.1) is 0 Å². The zero-order valence-electron chi connectivity index (χ0n) is 22.5. The Hall–Kier alpha value is -5.19. The van der Waals surface area contributed by atoms with Crippen molar-refractivity contribution in [2.75, 3.05) is 0 Å². The Bertz CT molecular complexity index is 2170. The minimum atomic E-state index is -0.601. The molecule has 0 amide bonds. The van der Waals surface area contributed by atoms with E-state index in [2.05, 4.69) is 72.0 Å². The molecular formula is C37H24ClN3O. The van der Waals surface area contributed by atoms with Crippen molar-refractivity contribution in [1.82, 2.24) is 5.32 Å². The van der Waals surface area contributed by atoms with E-state index in [1.54, 1.807) is 0 Å². The van der Waals surface area contributed by atoms with Crippen LogP contribution in [0.15, 0.2) is 148 Å². The van der Waals surface area contributed by atoms with Gasteiger partial charge >= 0.3 is 0 Å². The van der Waals surface area contributed by atoms with Crippen LogP contribution in [0.4, 0.5) is 0 Å². The van der Waals surface area contributed by atoms with Crippen LogP contribution in [0.1, 0.15) is 22.9 Å². The van der Waals surface area contributed by atoms with Gasteiger partial charge in [0.1, 0.15) is 22.8 Å². The van der Waals surface area contributed by atoms with E-state index in [1.807, 2.05) is 66.7 Å². The minimum absolute atomic E-state index is 0.566. The number of furan rings is 1. The lowest BCUT2D eigenvalue weighted by Gasteiger charge is -2.23. The molecule has 0 spiro atoms. The first kappa shape index (κ1) is 24.6. The Morgan fingerprint density at radius 3 is 1.79 bits per heavy atom. The van der Waals surface area contributed by atoms with E-state index < -0.39 is 6.17 Å². The van der Waals surface area contributed by atoms with Gasteiger partial charge in [-0.25, -0.2) is 9.98 Å². The summed E-state index contributed by atoms with van der Waals surface area (Å²) in [6.07, 6.45) is -0.601. The van der Waals surface area contributed by atoms with Crippen LogP contribution in [-0.4, -0.2) is 11.7 Å². The van der Waals surface area contributed by atoms with Gasteiger partial charge in [-0.05, 0) is 46.2 Å². The van der Waals surface area contributed by atoms with Crippen molar-refractivity contribution in [3.05, 3.63) is 155 Å². The fraction of sp³-hybridized carbons (Fsp3) is 0.0270. The van der Waals surface area contributed by atoms with Crippen LogP contribution < -0.4 is 5.32 Å². The largest absolute Gasteiger partial charge is 0.456 e. The monoisotopic (exact) mass is 561 g/mol. The highest BCUT2D eigenvalue weighted by Gasteiger charge is 2.26. The van der Waals surface area contributed by atoms with Gasteiger partial charge in [-0.1, -0.05) is 121 Å². The number of hydrogen-bond acceptors (Lipinski definition) is 4. The summed E-state index contributed by atoms with van der Waals surface area (Å²) in [5, 5.41) is 8.38. The molecule has 1 atom stereocenters. The van der Waals surface area contributed by atoms with Crippen molar-refractivity contribution < 1.29 is 4.42 Å². The average molecular weight is 562 g/mol. The molecule has 8 rings (SSSR count). The van der Waals surface area contributed by atoms with Crippen molar-refractivity contribution in [2.45, 2.75) is 6.17 Å². The summed E-state index contributed by atoms with van der Waals surface area (Å²) >= 11 is 6.93. The van der Waals surface area contributed by atoms with Crippen molar-refractivity contribution in [3.8, 4) is 11.1 Å². The van der Waals surface area contributed by atoms with Gasteiger partial charge in [0, 0.05) is 21.9 Å². The first-order valence-electron chi connectivity index (χ1n) is 13.9. The predicted molar refractivity (Wildman–Crippen MR) is 174 cm³/mol. The van der Waals surface area contributed by atoms with Crippen LogP contribution in [0.3, 0.4) is 0 Å². The lowest BCUT2D eigenvalue weighted by Crippen LogP contribution is -2.36. The predicted octanol–water partition coefficient (Wildman–Crippen LogP) is 9.55. The number of hydrogen-bond donors (Lipinski definition) is 1. The molecule has 1 aliphatic rings. The minimum Gasteiger partial charge on any atom is -0.456 e. The number of amidine groups is 2. The summed E-state index contributed by atoms with van der Waals surface area (Å²) in [6.45, 7) is 0. The number of nitrogens with zero attached hydrogens (tertiary/aromatic N) is 2. The molecule has 4 nitrogen and oxygen atoms in total. The fourth-order valence-corrected chi connectivity index (χ4v) is 5.93. The number of rotatable bonds is 4. The zero-order valence-corrected chi connectivity index (χ0v) is 23.2. The maximum atomic E-state index is 6.93. The molecule has 1 aromatic heterocycles. The summed E-state index contributed by atoms with van der Waals surface area (Å²) < 4.78 is 6.53. The van der Waals surface area contributed by atoms with Crippen molar-refractivity contribution in [3.63, 3.8) is 0 Å². The van der Waals surface area contributed by atoms with Gasteiger partial charge in [-0.2, -0.15) is 0 Å². The second-order valence-corrected chi connectivity index (χ2v) is 10.8. The van der Waals surface area contributed by atoms with Crippen molar-refractivity contribution >= 4 is 56.0 Å². The number of halogens is 1. The van der Waals surface area contributed by atoms with Gasteiger partial charge in [0.15, 0.2) is 6.17 Å². The van der Waals surface area contributed by atoms with Gasteiger partial charge in [-0.3, -0.25) is 0 Å². The topological polar surface area (TPSA) is 49.9 Å². The second kappa shape index (κ2) is 10.0. The third-order valence-corrected chi connectivity index (χ3v) is 8.13. The molecule has 7 aromatic rings. The van der Waals surface area contributed by atoms with Crippen molar-refractivity contribution in [1.29, 1.82) is 0 Å². The molecule has 200 valence electrons. The quantitative estimate of drug-likeness (QED) is 0.232.